The second kappa shape index (κ2) is 10.1. The molecule has 0 spiro atoms. The van der Waals surface area contributed by atoms with Crippen LogP contribution in [0.5, 0.6) is 0 Å². The van der Waals surface area contributed by atoms with E-state index in [-0.39, 0.29) is 17.8 Å². The highest BCUT2D eigenvalue weighted by Crippen LogP contribution is 2.31. The number of benzene rings is 2. The third-order valence-corrected chi connectivity index (χ3v) is 6.39. The summed E-state index contributed by atoms with van der Waals surface area (Å²) in [4.78, 5) is 15.1. The van der Waals surface area contributed by atoms with Crippen molar-refractivity contribution in [3.05, 3.63) is 76.6 Å². The van der Waals surface area contributed by atoms with Crippen molar-refractivity contribution in [2.45, 2.75) is 52.1 Å². The average molecular weight is 424 g/mol. The summed E-state index contributed by atoms with van der Waals surface area (Å²) in [6, 6.07) is 11.6. The first-order chi connectivity index (χ1) is 14.8. The van der Waals surface area contributed by atoms with Crippen molar-refractivity contribution in [3.8, 4) is 0 Å². The zero-order valence-corrected chi connectivity index (χ0v) is 19.1. The third kappa shape index (κ3) is 5.34. The molecule has 1 unspecified atom stereocenters. The van der Waals surface area contributed by atoms with Crippen LogP contribution >= 0.6 is 0 Å². The summed E-state index contributed by atoms with van der Waals surface area (Å²) in [7, 11) is 1.89. The number of hydrogen-bond donors (Lipinski definition) is 2. The smallest absolute Gasteiger partial charge is 0.251 e. The molecule has 166 valence electrons. The highest BCUT2D eigenvalue weighted by atomic mass is 19.1. The number of halogens is 1. The molecule has 1 atom stereocenters. The molecule has 5 heteroatoms. The molecule has 1 aliphatic rings. The number of amides is 1. The Balaban J connectivity index is 1.61. The Kier molecular flexibility index (Phi) is 7.50. The number of aryl methyl sites for hydroxylation is 2. The van der Waals surface area contributed by atoms with Crippen LogP contribution in [0.15, 0.2) is 43.0 Å². The Morgan fingerprint density at radius 2 is 1.77 bits per heavy atom. The van der Waals surface area contributed by atoms with E-state index >= 15 is 0 Å². The van der Waals surface area contributed by atoms with Gasteiger partial charge in [0.05, 0.1) is 0 Å². The lowest BCUT2D eigenvalue weighted by Crippen LogP contribution is -2.45. The summed E-state index contributed by atoms with van der Waals surface area (Å²) in [6.07, 6.45) is 2.87. The number of nitrogens with zero attached hydrogens (tertiary/aromatic N) is 1. The number of carbonyl (C=O) groups is 1. The monoisotopic (exact) mass is 423 g/mol. The molecule has 2 N–H and O–H groups in total. The molecule has 4 nitrogen and oxygen atoms in total. The molecule has 1 amide bonds. The van der Waals surface area contributed by atoms with Crippen molar-refractivity contribution in [2.24, 2.45) is 0 Å². The van der Waals surface area contributed by atoms with Gasteiger partial charge in [-0.15, -0.1) is 0 Å². The van der Waals surface area contributed by atoms with E-state index in [9.17, 15) is 9.18 Å². The Labute approximate surface area is 185 Å². The topological polar surface area (TPSA) is 44.4 Å². The van der Waals surface area contributed by atoms with Crippen LogP contribution in [0.2, 0.25) is 0 Å². The van der Waals surface area contributed by atoms with Crippen LogP contribution in [-0.4, -0.2) is 37.0 Å². The summed E-state index contributed by atoms with van der Waals surface area (Å²) in [5.74, 6) is -0.404. The molecule has 0 saturated carbocycles. The van der Waals surface area contributed by atoms with E-state index in [0.29, 0.717) is 17.2 Å². The van der Waals surface area contributed by atoms with E-state index in [0.717, 1.165) is 43.6 Å². The van der Waals surface area contributed by atoms with Gasteiger partial charge in [-0.25, -0.2) is 4.39 Å². The van der Waals surface area contributed by atoms with Crippen LogP contribution < -0.4 is 10.6 Å². The van der Waals surface area contributed by atoms with Crippen molar-refractivity contribution in [2.75, 3.05) is 20.1 Å². The maximum Gasteiger partial charge on any atom is 0.251 e. The average Bonchev–Trinajstić information content (AvgIpc) is 2.77. The fraction of sp³-hybridized carbons (Fsp3) is 0.423. The molecule has 0 radical (unpaired) electrons. The fourth-order valence-electron chi connectivity index (χ4n) is 4.47. The van der Waals surface area contributed by atoms with Crippen LogP contribution in [0.3, 0.4) is 0 Å². The minimum atomic E-state index is -0.283. The lowest BCUT2D eigenvalue weighted by atomic mass is 9.93. The number of rotatable bonds is 7. The normalized spacial score (nSPS) is 16.0. The SMILES string of the molecule is C=C(NC)c1ccc(C(CC)N2CCC(NC(=O)c3ccc(F)c(C)c3)CC2)c(C)c1. The summed E-state index contributed by atoms with van der Waals surface area (Å²) < 4.78 is 13.5. The Morgan fingerprint density at radius 3 is 2.35 bits per heavy atom. The molecule has 3 rings (SSSR count). The van der Waals surface area contributed by atoms with Gasteiger partial charge in [-0.3, -0.25) is 9.69 Å². The Morgan fingerprint density at radius 1 is 1.13 bits per heavy atom. The largest absolute Gasteiger partial charge is 0.388 e. The van der Waals surface area contributed by atoms with Crippen molar-refractivity contribution < 1.29 is 9.18 Å². The molecular weight excluding hydrogens is 389 g/mol. The van der Waals surface area contributed by atoms with Crippen molar-refractivity contribution >= 4 is 11.6 Å². The summed E-state index contributed by atoms with van der Waals surface area (Å²) >= 11 is 0. The molecular formula is C26H34FN3O. The van der Waals surface area contributed by atoms with Crippen molar-refractivity contribution in [1.82, 2.24) is 15.5 Å². The van der Waals surface area contributed by atoms with E-state index in [1.165, 1.54) is 17.2 Å². The van der Waals surface area contributed by atoms with Gasteiger partial charge in [-0.1, -0.05) is 25.6 Å². The second-order valence-electron chi connectivity index (χ2n) is 8.47. The van der Waals surface area contributed by atoms with E-state index in [1.54, 1.807) is 19.1 Å². The first-order valence-corrected chi connectivity index (χ1v) is 11.1. The zero-order valence-electron chi connectivity index (χ0n) is 19.1. The molecule has 2 aromatic carbocycles. The number of nitrogens with one attached hydrogen (secondary N) is 2. The number of carbonyl (C=O) groups excluding carboxylic acids is 1. The molecule has 1 saturated heterocycles. The minimum absolute atomic E-state index is 0.121. The van der Waals surface area contributed by atoms with Gasteiger partial charge in [-0.05, 0) is 79.6 Å². The first-order valence-electron chi connectivity index (χ1n) is 11.1. The van der Waals surface area contributed by atoms with Crippen LogP contribution in [0.1, 0.15) is 64.8 Å². The van der Waals surface area contributed by atoms with Gasteiger partial charge < -0.3 is 10.6 Å². The van der Waals surface area contributed by atoms with Gasteiger partial charge in [0.15, 0.2) is 0 Å². The highest BCUT2D eigenvalue weighted by molar-refractivity contribution is 5.94. The van der Waals surface area contributed by atoms with E-state index < -0.39 is 0 Å². The van der Waals surface area contributed by atoms with Gasteiger partial charge in [0.25, 0.3) is 5.91 Å². The number of hydrogen-bond acceptors (Lipinski definition) is 3. The number of piperidine rings is 1. The van der Waals surface area contributed by atoms with Gasteiger partial charge in [0.1, 0.15) is 5.82 Å². The lowest BCUT2D eigenvalue weighted by Gasteiger charge is -2.38. The lowest BCUT2D eigenvalue weighted by molar-refractivity contribution is 0.0887. The van der Waals surface area contributed by atoms with Crippen molar-refractivity contribution in [1.29, 1.82) is 0 Å². The first kappa shape index (κ1) is 23.0. The van der Waals surface area contributed by atoms with Crippen LogP contribution in [0.4, 0.5) is 4.39 Å². The molecule has 1 fully saturated rings. The summed E-state index contributed by atoms with van der Waals surface area (Å²) in [6.45, 7) is 12.0. The Hall–Kier alpha value is -2.66. The van der Waals surface area contributed by atoms with E-state index in [4.69, 9.17) is 0 Å². The van der Waals surface area contributed by atoms with Gasteiger partial charge in [0, 0.05) is 43.5 Å². The minimum Gasteiger partial charge on any atom is -0.388 e. The summed E-state index contributed by atoms with van der Waals surface area (Å²) in [5, 5.41) is 6.25. The van der Waals surface area contributed by atoms with Crippen LogP contribution in [-0.2, 0) is 0 Å². The number of likely N-dealkylation sites (tertiary alicyclic amines) is 1. The van der Waals surface area contributed by atoms with Crippen molar-refractivity contribution in [3.63, 3.8) is 0 Å². The van der Waals surface area contributed by atoms with Gasteiger partial charge in [-0.2, -0.15) is 0 Å². The molecule has 31 heavy (non-hydrogen) atoms. The van der Waals surface area contributed by atoms with Gasteiger partial charge in [0.2, 0.25) is 0 Å². The fourth-order valence-corrected chi connectivity index (χ4v) is 4.47. The molecule has 0 bridgehead atoms. The van der Waals surface area contributed by atoms with Crippen LogP contribution in [0, 0.1) is 19.7 Å². The second-order valence-corrected chi connectivity index (χ2v) is 8.47. The third-order valence-electron chi connectivity index (χ3n) is 6.39. The quantitative estimate of drug-likeness (QED) is 0.660. The molecule has 1 aliphatic heterocycles. The zero-order chi connectivity index (χ0) is 22.5. The summed E-state index contributed by atoms with van der Waals surface area (Å²) in [5.41, 5.74) is 5.70. The standard InChI is InChI=1S/C26H34FN3O/c1-6-25(23-9-7-20(15-17(23)2)19(4)28-5)30-13-11-22(12-14-30)29-26(31)21-8-10-24(27)18(3)16-21/h7-10,15-16,22,25,28H,4,6,11-14H2,1-3,5H3,(H,29,31). The van der Waals surface area contributed by atoms with E-state index in [2.05, 4.69) is 54.2 Å². The van der Waals surface area contributed by atoms with E-state index in [1.807, 2.05) is 7.05 Å². The Bertz CT molecular complexity index is 948. The molecule has 1 heterocycles. The predicted octanol–water partition coefficient (Wildman–Crippen LogP) is 4.98. The maximum absolute atomic E-state index is 13.5. The maximum atomic E-state index is 13.5. The highest BCUT2D eigenvalue weighted by Gasteiger charge is 2.27. The van der Waals surface area contributed by atoms with Crippen LogP contribution in [0.25, 0.3) is 5.70 Å². The molecule has 2 aromatic rings. The predicted molar refractivity (Wildman–Crippen MR) is 126 cm³/mol. The molecule has 0 aliphatic carbocycles. The van der Waals surface area contributed by atoms with Gasteiger partial charge >= 0.3 is 0 Å². The molecule has 0 aromatic heterocycles.